The van der Waals surface area contributed by atoms with Gasteiger partial charge in [-0.05, 0) is 74.9 Å². The van der Waals surface area contributed by atoms with Gasteiger partial charge in [-0.3, -0.25) is 4.90 Å². The molecule has 1 aliphatic rings. The predicted octanol–water partition coefficient (Wildman–Crippen LogP) is 8.46. The number of piperidine rings is 1. The maximum absolute atomic E-state index is 5.46. The average molecular weight is 498 g/mol. The highest BCUT2D eigenvalue weighted by Crippen LogP contribution is 2.39. The number of rotatable bonds is 8. The fourth-order valence-electron chi connectivity index (χ4n) is 5.89. The highest BCUT2D eigenvalue weighted by atomic mass is 32.1. The minimum atomic E-state index is 0.468. The average Bonchev–Trinajstić information content (AvgIpc) is 3.51. The van der Waals surface area contributed by atoms with Gasteiger partial charge in [-0.2, -0.15) is 0 Å². The normalized spacial score (nSPS) is 16.5. The van der Waals surface area contributed by atoms with Crippen molar-refractivity contribution in [2.24, 2.45) is 0 Å². The zero-order valence-electron chi connectivity index (χ0n) is 22.3. The molecule has 4 aromatic rings. The second kappa shape index (κ2) is 11.1. The molecule has 0 aliphatic carbocycles. The van der Waals surface area contributed by atoms with Crippen molar-refractivity contribution in [3.63, 3.8) is 0 Å². The Bertz CT molecular complexity index is 1280. The van der Waals surface area contributed by atoms with E-state index in [0.29, 0.717) is 6.04 Å². The largest absolute Gasteiger partial charge is 0.326 e. The molecule has 2 aromatic carbocycles. The smallest absolute Gasteiger partial charge is 0.141 e. The fraction of sp³-hybridized carbons (Fsp3) is 0.406. The topological polar surface area (TPSA) is 21.1 Å². The minimum Gasteiger partial charge on any atom is -0.326 e. The molecular weight excluding hydrogens is 458 g/mol. The standard InChI is InChI=1S/C32H39N3S/c1-5-24-16-13-17-25(6-2)30(24)32-33-31(29-20-19-23(4)36-29)28(35(32)7-3)22-34-21-12-11-18-27(34)26-14-9-8-10-15-26/h8-10,13-17,19-20,27H,5-7,11-12,18,21-22H2,1-4H3. The Labute approximate surface area is 220 Å². The van der Waals surface area contributed by atoms with Crippen molar-refractivity contribution in [1.29, 1.82) is 0 Å². The van der Waals surface area contributed by atoms with Gasteiger partial charge >= 0.3 is 0 Å². The quantitative estimate of drug-likeness (QED) is 0.243. The van der Waals surface area contributed by atoms with Gasteiger partial charge in [0.25, 0.3) is 0 Å². The zero-order valence-corrected chi connectivity index (χ0v) is 23.1. The summed E-state index contributed by atoms with van der Waals surface area (Å²) in [5.41, 5.74) is 8.13. The summed E-state index contributed by atoms with van der Waals surface area (Å²) in [5.74, 6) is 1.15. The lowest BCUT2D eigenvalue weighted by molar-refractivity contribution is 0.137. The van der Waals surface area contributed by atoms with Crippen LogP contribution in [-0.2, 0) is 25.9 Å². The van der Waals surface area contributed by atoms with Crippen LogP contribution in [0.3, 0.4) is 0 Å². The van der Waals surface area contributed by atoms with Crippen molar-refractivity contribution in [2.75, 3.05) is 6.54 Å². The number of benzene rings is 2. The molecule has 0 spiro atoms. The van der Waals surface area contributed by atoms with Gasteiger partial charge in [-0.25, -0.2) is 4.98 Å². The molecule has 5 rings (SSSR count). The van der Waals surface area contributed by atoms with Gasteiger partial charge in [0.2, 0.25) is 0 Å². The number of hydrogen-bond acceptors (Lipinski definition) is 3. The summed E-state index contributed by atoms with van der Waals surface area (Å²) < 4.78 is 2.52. The number of nitrogens with zero attached hydrogens (tertiary/aromatic N) is 3. The Kier molecular flexibility index (Phi) is 7.73. The molecule has 0 N–H and O–H groups in total. The Morgan fingerprint density at radius 3 is 2.28 bits per heavy atom. The summed E-state index contributed by atoms with van der Waals surface area (Å²) in [5, 5.41) is 0. The third-order valence-electron chi connectivity index (χ3n) is 7.74. The second-order valence-electron chi connectivity index (χ2n) is 9.94. The number of likely N-dealkylation sites (tertiary alicyclic amines) is 1. The van der Waals surface area contributed by atoms with Crippen LogP contribution in [0.4, 0.5) is 0 Å². The first-order valence-electron chi connectivity index (χ1n) is 13.7. The Balaban J connectivity index is 1.66. The van der Waals surface area contributed by atoms with E-state index >= 15 is 0 Å². The summed E-state index contributed by atoms with van der Waals surface area (Å²) in [6, 6.07) is 22.9. The molecule has 3 heterocycles. The van der Waals surface area contributed by atoms with E-state index in [9.17, 15) is 0 Å². The molecule has 0 radical (unpaired) electrons. The van der Waals surface area contributed by atoms with E-state index in [2.05, 4.69) is 97.8 Å². The molecular formula is C32H39N3S. The Morgan fingerprint density at radius 1 is 0.889 bits per heavy atom. The van der Waals surface area contributed by atoms with Crippen LogP contribution in [0, 0.1) is 6.92 Å². The SMILES string of the molecule is CCc1cccc(CC)c1-c1nc(-c2ccc(C)s2)c(CN2CCCCC2c2ccccc2)n1CC. The first kappa shape index (κ1) is 25.0. The Morgan fingerprint density at radius 2 is 1.64 bits per heavy atom. The van der Waals surface area contributed by atoms with Crippen LogP contribution < -0.4 is 0 Å². The molecule has 1 unspecified atom stereocenters. The molecule has 1 atom stereocenters. The van der Waals surface area contributed by atoms with Crippen molar-refractivity contribution in [3.05, 3.63) is 87.9 Å². The second-order valence-corrected chi connectivity index (χ2v) is 11.2. The molecule has 188 valence electrons. The maximum atomic E-state index is 5.46. The molecule has 4 heteroatoms. The van der Waals surface area contributed by atoms with Crippen LogP contribution in [-0.4, -0.2) is 21.0 Å². The van der Waals surface area contributed by atoms with E-state index in [0.717, 1.165) is 38.3 Å². The van der Waals surface area contributed by atoms with Gasteiger partial charge in [-0.1, -0.05) is 68.8 Å². The number of aromatic nitrogens is 2. The molecule has 0 bridgehead atoms. The van der Waals surface area contributed by atoms with Crippen LogP contribution in [0.15, 0.2) is 60.7 Å². The van der Waals surface area contributed by atoms with E-state index in [1.165, 1.54) is 62.7 Å². The van der Waals surface area contributed by atoms with Crippen molar-refractivity contribution in [1.82, 2.24) is 14.5 Å². The highest BCUT2D eigenvalue weighted by Gasteiger charge is 2.29. The lowest BCUT2D eigenvalue weighted by Gasteiger charge is -2.36. The number of hydrogen-bond donors (Lipinski definition) is 0. The maximum Gasteiger partial charge on any atom is 0.141 e. The van der Waals surface area contributed by atoms with Gasteiger partial charge in [-0.15, -0.1) is 11.3 Å². The molecule has 0 saturated carbocycles. The van der Waals surface area contributed by atoms with Crippen molar-refractivity contribution >= 4 is 11.3 Å². The lowest BCUT2D eigenvalue weighted by atomic mass is 9.95. The lowest BCUT2D eigenvalue weighted by Crippen LogP contribution is -2.33. The van der Waals surface area contributed by atoms with E-state index in [4.69, 9.17) is 4.98 Å². The predicted molar refractivity (Wildman–Crippen MR) is 154 cm³/mol. The Hall–Kier alpha value is -2.69. The molecule has 0 amide bonds. The van der Waals surface area contributed by atoms with Gasteiger partial charge in [0, 0.05) is 29.6 Å². The van der Waals surface area contributed by atoms with Gasteiger partial charge in [0.15, 0.2) is 0 Å². The molecule has 1 saturated heterocycles. The van der Waals surface area contributed by atoms with E-state index in [1.807, 2.05) is 11.3 Å². The molecule has 3 nitrogen and oxygen atoms in total. The molecule has 1 fully saturated rings. The highest BCUT2D eigenvalue weighted by molar-refractivity contribution is 7.15. The third-order valence-corrected chi connectivity index (χ3v) is 8.74. The zero-order chi connectivity index (χ0) is 25.1. The fourth-order valence-corrected chi connectivity index (χ4v) is 6.77. The van der Waals surface area contributed by atoms with E-state index in [1.54, 1.807) is 0 Å². The van der Waals surface area contributed by atoms with Crippen LogP contribution >= 0.6 is 11.3 Å². The number of thiophene rings is 1. The van der Waals surface area contributed by atoms with Crippen LogP contribution in [0.2, 0.25) is 0 Å². The summed E-state index contributed by atoms with van der Waals surface area (Å²) in [4.78, 5) is 10.8. The summed E-state index contributed by atoms with van der Waals surface area (Å²) in [7, 11) is 0. The van der Waals surface area contributed by atoms with Crippen LogP contribution in [0.5, 0.6) is 0 Å². The van der Waals surface area contributed by atoms with E-state index in [-0.39, 0.29) is 0 Å². The van der Waals surface area contributed by atoms with Crippen LogP contribution in [0.1, 0.15) is 73.3 Å². The van der Waals surface area contributed by atoms with Gasteiger partial charge < -0.3 is 4.57 Å². The first-order chi connectivity index (χ1) is 17.6. The first-order valence-corrected chi connectivity index (χ1v) is 14.5. The minimum absolute atomic E-state index is 0.468. The molecule has 1 aliphatic heterocycles. The van der Waals surface area contributed by atoms with Crippen LogP contribution in [0.25, 0.3) is 22.0 Å². The van der Waals surface area contributed by atoms with Gasteiger partial charge in [0.05, 0.1) is 10.6 Å². The number of imidazole rings is 1. The molecule has 2 aromatic heterocycles. The van der Waals surface area contributed by atoms with E-state index < -0.39 is 0 Å². The van der Waals surface area contributed by atoms with Gasteiger partial charge in [0.1, 0.15) is 11.5 Å². The monoisotopic (exact) mass is 497 g/mol. The summed E-state index contributed by atoms with van der Waals surface area (Å²) in [6.07, 6.45) is 5.83. The summed E-state index contributed by atoms with van der Waals surface area (Å²) >= 11 is 1.87. The van der Waals surface area contributed by atoms with Crippen molar-refractivity contribution in [3.8, 4) is 22.0 Å². The summed E-state index contributed by atoms with van der Waals surface area (Å²) in [6.45, 7) is 12.0. The van der Waals surface area contributed by atoms with Crippen molar-refractivity contribution < 1.29 is 0 Å². The number of aryl methyl sites for hydroxylation is 3. The van der Waals surface area contributed by atoms with Crippen molar-refractivity contribution in [2.45, 2.75) is 78.9 Å². The molecule has 36 heavy (non-hydrogen) atoms. The third kappa shape index (κ3) is 4.81.